The van der Waals surface area contributed by atoms with Crippen LogP contribution < -0.4 is 5.32 Å². The topological polar surface area (TPSA) is 95.9 Å². The summed E-state index contributed by atoms with van der Waals surface area (Å²) in [5.74, 6) is -0.478. The van der Waals surface area contributed by atoms with Crippen molar-refractivity contribution in [2.75, 3.05) is 6.61 Å². The van der Waals surface area contributed by atoms with E-state index in [1.165, 1.54) is 205 Å². The zero-order chi connectivity index (χ0) is 48.8. The third kappa shape index (κ3) is 50.3. The van der Waals surface area contributed by atoms with Gasteiger partial charge in [-0.25, -0.2) is 0 Å². The van der Waals surface area contributed by atoms with Gasteiger partial charge in [0.15, 0.2) is 0 Å². The number of rotatable bonds is 54. The van der Waals surface area contributed by atoms with Gasteiger partial charge in [-0.2, -0.15) is 0 Å². The molecule has 0 fully saturated rings. The van der Waals surface area contributed by atoms with Crippen molar-refractivity contribution in [3.8, 4) is 0 Å². The number of aliphatic hydroxyl groups excluding tert-OH is 2. The van der Waals surface area contributed by atoms with Gasteiger partial charge in [0.1, 0.15) is 6.10 Å². The maximum absolute atomic E-state index is 13.3. The van der Waals surface area contributed by atoms with Gasteiger partial charge >= 0.3 is 5.97 Å². The van der Waals surface area contributed by atoms with E-state index in [9.17, 15) is 19.8 Å². The molecule has 0 aliphatic carbocycles. The van der Waals surface area contributed by atoms with E-state index in [4.69, 9.17) is 4.74 Å². The summed E-state index contributed by atoms with van der Waals surface area (Å²) in [5, 5.41) is 23.9. The van der Waals surface area contributed by atoms with Crippen molar-refractivity contribution in [3.63, 3.8) is 0 Å². The lowest BCUT2D eigenvalue weighted by Gasteiger charge is -2.24. The predicted octanol–water partition coefficient (Wildman–Crippen LogP) is 18.4. The van der Waals surface area contributed by atoms with Crippen molar-refractivity contribution in [1.29, 1.82) is 0 Å². The molecule has 0 saturated carbocycles. The Morgan fingerprint density at radius 3 is 1.18 bits per heavy atom. The number of carbonyl (C=O) groups is 2. The summed E-state index contributed by atoms with van der Waals surface area (Å²) in [4.78, 5) is 26.3. The van der Waals surface area contributed by atoms with Crippen LogP contribution in [0.2, 0.25) is 0 Å². The van der Waals surface area contributed by atoms with Crippen LogP contribution >= 0.6 is 0 Å². The first kappa shape index (κ1) is 65.1. The van der Waals surface area contributed by atoms with Crippen LogP contribution in [0.25, 0.3) is 0 Å². The molecule has 6 heteroatoms. The first-order valence-electron chi connectivity index (χ1n) is 29.7. The molecule has 3 atom stereocenters. The molecule has 0 saturated heterocycles. The lowest BCUT2D eigenvalue weighted by Crippen LogP contribution is -2.46. The van der Waals surface area contributed by atoms with Gasteiger partial charge in [0.25, 0.3) is 0 Å². The van der Waals surface area contributed by atoms with Gasteiger partial charge in [-0.15, -0.1) is 0 Å². The zero-order valence-electron chi connectivity index (χ0n) is 45.0. The van der Waals surface area contributed by atoms with E-state index in [2.05, 4.69) is 62.5 Å². The fraction of sp³-hybridized carbons (Fsp3) is 0.869. The number of hydrogen-bond acceptors (Lipinski definition) is 5. The first-order valence-corrected chi connectivity index (χ1v) is 29.7. The Balaban J connectivity index is 4.54. The Hall–Kier alpha value is -1.92. The van der Waals surface area contributed by atoms with Gasteiger partial charge < -0.3 is 20.3 Å². The van der Waals surface area contributed by atoms with Crippen molar-refractivity contribution < 1.29 is 24.5 Å². The third-order valence-corrected chi connectivity index (χ3v) is 13.7. The van der Waals surface area contributed by atoms with E-state index < -0.39 is 18.2 Å². The van der Waals surface area contributed by atoms with Crippen LogP contribution in [-0.4, -0.2) is 46.9 Å². The van der Waals surface area contributed by atoms with Crippen molar-refractivity contribution in [1.82, 2.24) is 5.32 Å². The molecule has 0 spiro atoms. The number of carbonyl (C=O) groups excluding carboxylic acids is 2. The highest BCUT2D eigenvalue weighted by Crippen LogP contribution is 2.18. The van der Waals surface area contributed by atoms with Gasteiger partial charge in [-0.05, 0) is 83.5 Å². The average Bonchev–Trinajstić information content (AvgIpc) is 3.32. The van der Waals surface area contributed by atoms with Crippen LogP contribution in [0.1, 0.15) is 316 Å². The van der Waals surface area contributed by atoms with Crippen molar-refractivity contribution in [2.24, 2.45) is 0 Å². The molecule has 0 radical (unpaired) electrons. The quantitative estimate of drug-likeness (QED) is 0.0321. The predicted molar refractivity (Wildman–Crippen MR) is 292 cm³/mol. The summed E-state index contributed by atoms with van der Waals surface area (Å²) < 4.78 is 5.96. The number of allylic oxidation sites excluding steroid dienone is 6. The Kier molecular flexibility index (Phi) is 53.4. The zero-order valence-corrected chi connectivity index (χ0v) is 45.0. The molecule has 3 unspecified atom stereocenters. The highest BCUT2D eigenvalue weighted by atomic mass is 16.5. The number of unbranched alkanes of at least 4 members (excludes halogenated alkanes) is 36. The summed E-state index contributed by atoms with van der Waals surface area (Å²) in [6.07, 6.45) is 66.4. The second-order valence-corrected chi connectivity index (χ2v) is 20.4. The lowest BCUT2D eigenvalue weighted by atomic mass is 10.0. The molecular weight excluding hydrogens is 827 g/mol. The number of ether oxygens (including phenoxy) is 1. The molecule has 0 bridgehead atoms. The summed E-state index contributed by atoms with van der Waals surface area (Å²) in [6, 6.07) is -0.706. The molecule has 1 amide bonds. The molecule has 67 heavy (non-hydrogen) atoms. The summed E-state index contributed by atoms with van der Waals surface area (Å²) in [6.45, 7) is 6.49. The van der Waals surface area contributed by atoms with E-state index in [0.29, 0.717) is 19.3 Å². The van der Waals surface area contributed by atoms with Crippen molar-refractivity contribution in [2.45, 2.75) is 334 Å². The maximum atomic E-state index is 13.3. The highest BCUT2D eigenvalue weighted by Gasteiger charge is 2.24. The van der Waals surface area contributed by atoms with Gasteiger partial charge in [0.05, 0.1) is 25.2 Å². The minimum Gasteiger partial charge on any atom is -0.462 e. The SMILES string of the molecule is CCCCC/C=C\C/C=C\CCCCCCCC(CC(=O)NC(CO)C(O)CCCCCCCCCCCCCCCCCC)OC(=O)CCCCCCCCC/C=C/CCCCCCCC. The largest absolute Gasteiger partial charge is 0.462 e. The molecule has 0 heterocycles. The molecule has 0 aromatic carbocycles. The Bertz CT molecular complexity index is 1100. The number of aliphatic hydroxyl groups is 2. The number of esters is 1. The van der Waals surface area contributed by atoms with Gasteiger partial charge in [-0.1, -0.05) is 256 Å². The number of amides is 1. The van der Waals surface area contributed by atoms with Crippen LogP contribution in [0, 0.1) is 0 Å². The molecule has 0 aromatic rings. The van der Waals surface area contributed by atoms with Crippen LogP contribution in [0.4, 0.5) is 0 Å². The van der Waals surface area contributed by atoms with Crippen molar-refractivity contribution >= 4 is 11.9 Å². The second kappa shape index (κ2) is 55.0. The normalized spacial score (nSPS) is 13.3. The summed E-state index contributed by atoms with van der Waals surface area (Å²) in [7, 11) is 0. The van der Waals surface area contributed by atoms with E-state index in [0.717, 1.165) is 64.2 Å². The van der Waals surface area contributed by atoms with E-state index in [-0.39, 0.29) is 24.9 Å². The lowest BCUT2D eigenvalue weighted by molar-refractivity contribution is -0.151. The van der Waals surface area contributed by atoms with Crippen LogP contribution in [0.3, 0.4) is 0 Å². The molecule has 0 aliphatic rings. The molecule has 6 nitrogen and oxygen atoms in total. The second-order valence-electron chi connectivity index (χ2n) is 20.4. The Labute approximate surface area is 417 Å². The highest BCUT2D eigenvalue weighted by molar-refractivity contribution is 5.77. The Morgan fingerprint density at radius 1 is 0.433 bits per heavy atom. The molecular formula is C61H115NO5. The van der Waals surface area contributed by atoms with Crippen LogP contribution in [0.15, 0.2) is 36.5 Å². The molecule has 0 rings (SSSR count). The Morgan fingerprint density at radius 2 is 0.761 bits per heavy atom. The standard InChI is InChI=1S/C61H115NO5/c1-4-7-10-13-16-19-22-25-28-30-33-36-39-42-45-48-51-54-61(66)67-57(52-49-46-43-40-37-34-31-27-24-21-18-15-12-9-6-3)55-60(65)62-58(56-63)59(64)53-50-47-44-41-38-35-32-29-26-23-20-17-14-11-8-5-2/h18,21,25,27-28,31,57-59,63-64H,4-17,19-20,22-24,26,29-30,32-56H2,1-3H3,(H,62,65)/b21-18-,28-25+,31-27-. The van der Waals surface area contributed by atoms with Crippen molar-refractivity contribution in [3.05, 3.63) is 36.5 Å². The van der Waals surface area contributed by atoms with Gasteiger partial charge in [0.2, 0.25) is 5.91 Å². The molecule has 394 valence electrons. The smallest absolute Gasteiger partial charge is 0.306 e. The summed E-state index contributed by atoms with van der Waals surface area (Å²) in [5.41, 5.74) is 0. The third-order valence-electron chi connectivity index (χ3n) is 13.7. The maximum Gasteiger partial charge on any atom is 0.306 e. The van der Waals surface area contributed by atoms with E-state index in [1.54, 1.807) is 0 Å². The van der Waals surface area contributed by atoms with E-state index >= 15 is 0 Å². The van der Waals surface area contributed by atoms with Gasteiger partial charge in [0, 0.05) is 6.42 Å². The monoisotopic (exact) mass is 942 g/mol. The van der Waals surface area contributed by atoms with Crippen LogP contribution in [0.5, 0.6) is 0 Å². The minimum absolute atomic E-state index is 0.0695. The van der Waals surface area contributed by atoms with Gasteiger partial charge in [-0.3, -0.25) is 9.59 Å². The van der Waals surface area contributed by atoms with E-state index in [1.807, 2.05) is 0 Å². The minimum atomic E-state index is -0.792. The number of nitrogens with one attached hydrogen (secondary N) is 1. The molecule has 0 aliphatic heterocycles. The fourth-order valence-corrected chi connectivity index (χ4v) is 9.16. The summed E-state index contributed by atoms with van der Waals surface area (Å²) >= 11 is 0. The molecule has 3 N–H and O–H groups in total. The molecule has 0 aromatic heterocycles. The first-order chi connectivity index (χ1) is 33.0. The van der Waals surface area contributed by atoms with Crippen LogP contribution in [-0.2, 0) is 14.3 Å². The average molecular weight is 943 g/mol. The fourth-order valence-electron chi connectivity index (χ4n) is 9.16. The number of hydrogen-bond donors (Lipinski definition) is 3.